The van der Waals surface area contributed by atoms with Gasteiger partial charge in [-0.15, -0.1) is 12.4 Å². The summed E-state index contributed by atoms with van der Waals surface area (Å²) >= 11 is 0. The minimum atomic E-state index is -3.19. The van der Waals surface area contributed by atoms with Crippen molar-refractivity contribution >= 4 is 28.2 Å². The van der Waals surface area contributed by atoms with E-state index in [1.165, 1.54) is 6.26 Å². The van der Waals surface area contributed by atoms with Crippen LogP contribution in [0.4, 0.5) is 0 Å². The Morgan fingerprint density at radius 1 is 1.35 bits per heavy atom. The highest BCUT2D eigenvalue weighted by atomic mass is 35.5. The van der Waals surface area contributed by atoms with Crippen molar-refractivity contribution in [3.05, 3.63) is 29.8 Å². The van der Waals surface area contributed by atoms with E-state index in [0.29, 0.717) is 11.3 Å². The van der Waals surface area contributed by atoms with Crippen LogP contribution in [0, 0.1) is 0 Å². The van der Waals surface area contributed by atoms with Crippen LogP contribution in [0.2, 0.25) is 0 Å². The predicted molar refractivity (Wildman–Crippen MR) is 93.6 cm³/mol. The highest BCUT2D eigenvalue weighted by Gasteiger charge is 2.23. The first kappa shape index (κ1) is 19.9. The van der Waals surface area contributed by atoms with E-state index in [-0.39, 0.29) is 30.4 Å². The van der Waals surface area contributed by atoms with Crippen LogP contribution in [0.25, 0.3) is 0 Å². The minimum Gasteiger partial charge on any atom is -0.339 e. The maximum Gasteiger partial charge on any atom is 0.224 e. The molecule has 23 heavy (non-hydrogen) atoms. The molecule has 130 valence electrons. The van der Waals surface area contributed by atoms with Crippen LogP contribution in [0.3, 0.4) is 0 Å². The highest BCUT2D eigenvalue weighted by molar-refractivity contribution is 7.90. The number of hydrogen-bond donors (Lipinski definition) is 1. The summed E-state index contributed by atoms with van der Waals surface area (Å²) in [6.45, 7) is 2.94. The van der Waals surface area contributed by atoms with Crippen LogP contribution in [0.1, 0.15) is 37.8 Å². The predicted octanol–water partition coefficient (Wildman–Crippen LogP) is 2.17. The topological polar surface area (TPSA) is 66.5 Å². The van der Waals surface area contributed by atoms with Crippen molar-refractivity contribution in [2.45, 2.75) is 43.2 Å². The Kier molecular flexibility index (Phi) is 7.04. The van der Waals surface area contributed by atoms with Crippen LogP contribution in [0.15, 0.2) is 29.2 Å². The van der Waals surface area contributed by atoms with Gasteiger partial charge in [0.2, 0.25) is 5.91 Å². The lowest BCUT2D eigenvalue weighted by atomic mass is 10.1. The van der Waals surface area contributed by atoms with Gasteiger partial charge < -0.3 is 10.2 Å². The standard InChI is InChI=1S/C16H24N2O3S.ClH/c1-12(13-6-8-15(9-7-13)22(3,20)21)18(2)16(19)11-14-5-4-10-17-14;/h6-9,12,14,17H,4-5,10-11H2,1-3H3;1H. The molecule has 0 bridgehead atoms. The van der Waals surface area contributed by atoms with Crippen molar-refractivity contribution in [2.24, 2.45) is 0 Å². The van der Waals surface area contributed by atoms with Crippen LogP contribution >= 0.6 is 12.4 Å². The summed E-state index contributed by atoms with van der Waals surface area (Å²) in [5, 5.41) is 3.33. The normalized spacial score (nSPS) is 19.0. The zero-order valence-corrected chi connectivity index (χ0v) is 15.4. The summed E-state index contributed by atoms with van der Waals surface area (Å²) in [6.07, 6.45) is 3.89. The summed E-state index contributed by atoms with van der Waals surface area (Å²) < 4.78 is 23.0. The summed E-state index contributed by atoms with van der Waals surface area (Å²) in [5.41, 5.74) is 0.933. The first-order valence-corrected chi connectivity index (χ1v) is 9.47. The molecular weight excluding hydrogens is 336 g/mol. The molecule has 0 radical (unpaired) electrons. The Bertz CT molecular complexity index is 625. The van der Waals surface area contributed by atoms with Gasteiger partial charge in [-0.3, -0.25) is 4.79 Å². The van der Waals surface area contributed by atoms with Crippen molar-refractivity contribution in [1.82, 2.24) is 10.2 Å². The van der Waals surface area contributed by atoms with Crippen molar-refractivity contribution in [2.75, 3.05) is 19.8 Å². The van der Waals surface area contributed by atoms with Gasteiger partial charge in [0.15, 0.2) is 9.84 Å². The zero-order chi connectivity index (χ0) is 16.3. The van der Waals surface area contributed by atoms with Gasteiger partial charge >= 0.3 is 0 Å². The van der Waals surface area contributed by atoms with Crippen LogP contribution < -0.4 is 5.32 Å². The van der Waals surface area contributed by atoms with E-state index in [2.05, 4.69) is 5.32 Å². The van der Waals surface area contributed by atoms with Gasteiger partial charge in [0, 0.05) is 25.8 Å². The number of amides is 1. The molecule has 5 nitrogen and oxygen atoms in total. The molecule has 1 aromatic carbocycles. The Labute approximate surface area is 144 Å². The molecule has 1 N–H and O–H groups in total. The zero-order valence-electron chi connectivity index (χ0n) is 13.8. The van der Waals surface area contributed by atoms with Crippen LogP contribution in [0.5, 0.6) is 0 Å². The van der Waals surface area contributed by atoms with Crippen molar-refractivity contribution in [3.63, 3.8) is 0 Å². The molecule has 1 saturated heterocycles. The van der Waals surface area contributed by atoms with Gasteiger partial charge in [0.05, 0.1) is 10.9 Å². The quantitative estimate of drug-likeness (QED) is 0.873. The largest absolute Gasteiger partial charge is 0.339 e. The van der Waals surface area contributed by atoms with Crippen LogP contribution in [-0.2, 0) is 14.6 Å². The fourth-order valence-electron chi connectivity index (χ4n) is 2.72. The number of carbonyl (C=O) groups is 1. The third-order valence-corrected chi connectivity index (χ3v) is 5.48. The maximum absolute atomic E-state index is 12.3. The van der Waals surface area contributed by atoms with E-state index in [4.69, 9.17) is 0 Å². The molecule has 0 aliphatic carbocycles. The molecule has 1 amide bonds. The molecule has 1 aromatic rings. The lowest BCUT2D eigenvalue weighted by Gasteiger charge is -2.26. The summed E-state index contributed by atoms with van der Waals surface area (Å²) in [5.74, 6) is 0.110. The second kappa shape index (κ2) is 8.13. The second-order valence-corrected chi connectivity index (χ2v) is 8.03. The van der Waals surface area contributed by atoms with E-state index < -0.39 is 9.84 Å². The van der Waals surface area contributed by atoms with Crippen molar-refractivity contribution in [1.29, 1.82) is 0 Å². The van der Waals surface area contributed by atoms with Gasteiger partial charge in [0.1, 0.15) is 0 Å². The average Bonchev–Trinajstić information content (AvgIpc) is 2.97. The minimum absolute atomic E-state index is 0. The van der Waals surface area contributed by atoms with Gasteiger partial charge in [-0.2, -0.15) is 0 Å². The molecule has 2 unspecified atom stereocenters. The number of nitrogens with zero attached hydrogens (tertiary/aromatic N) is 1. The first-order chi connectivity index (χ1) is 10.3. The number of rotatable bonds is 5. The SMILES string of the molecule is CC(c1ccc(S(C)(=O)=O)cc1)N(C)C(=O)CC1CCCN1.Cl. The molecule has 7 heteroatoms. The van der Waals surface area contributed by atoms with Gasteiger partial charge in [0.25, 0.3) is 0 Å². The number of nitrogens with one attached hydrogen (secondary N) is 1. The Hall–Kier alpha value is -1.11. The molecule has 2 rings (SSSR count). The smallest absolute Gasteiger partial charge is 0.224 e. The Morgan fingerprint density at radius 3 is 2.43 bits per heavy atom. The molecule has 0 spiro atoms. The van der Waals surface area contributed by atoms with Crippen LogP contribution in [-0.4, -0.2) is 45.1 Å². The lowest BCUT2D eigenvalue weighted by molar-refractivity contribution is -0.132. The number of hydrogen-bond acceptors (Lipinski definition) is 4. The number of benzene rings is 1. The molecule has 1 aliphatic heterocycles. The Balaban J connectivity index is 0.00000264. The molecule has 1 heterocycles. The summed E-state index contributed by atoms with van der Waals surface area (Å²) in [4.78, 5) is 14.4. The average molecular weight is 361 g/mol. The molecule has 0 aromatic heterocycles. The molecular formula is C16H25ClN2O3S. The van der Waals surface area contributed by atoms with E-state index in [1.807, 2.05) is 6.92 Å². The molecule has 2 atom stereocenters. The maximum atomic E-state index is 12.3. The summed E-state index contributed by atoms with van der Waals surface area (Å²) in [6, 6.07) is 6.95. The van der Waals surface area contributed by atoms with Crippen molar-refractivity contribution < 1.29 is 13.2 Å². The lowest BCUT2D eigenvalue weighted by Crippen LogP contribution is -2.35. The first-order valence-electron chi connectivity index (χ1n) is 7.58. The third-order valence-electron chi connectivity index (χ3n) is 4.35. The van der Waals surface area contributed by atoms with E-state index in [9.17, 15) is 13.2 Å². The Morgan fingerprint density at radius 2 is 1.96 bits per heavy atom. The fraction of sp³-hybridized carbons (Fsp3) is 0.562. The number of carbonyl (C=O) groups excluding carboxylic acids is 1. The molecule has 1 fully saturated rings. The fourth-order valence-corrected chi connectivity index (χ4v) is 3.35. The monoisotopic (exact) mass is 360 g/mol. The van der Waals surface area contributed by atoms with E-state index in [1.54, 1.807) is 36.2 Å². The third kappa shape index (κ3) is 5.19. The molecule has 0 saturated carbocycles. The number of sulfone groups is 1. The van der Waals surface area contributed by atoms with E-state index >= 15 is 0 Å². The van der Waals surface area contributed by atoms with E-state index in [0.717, 1.165) is 24.9 Å². The van der Waals surface area contributed by atoms with Gasteiger partial charge in [-0.25, -0.2) is 8.42 Å². The van der Waals surface area contributed by atoms with Crippen molar-refractivity contribution in [3.8, 4) is 0 Å². The summed E-state index contributed by atoms with van der Waals surface area (Å²) in [7, 11) is -1.39. The molecule has 1 aliphatic rings. The van der Waals surface area contributed by atoms with Gasteiger partial charge in [-0.1, -0.05) is 12.1 Å². The second-order valence-electron chi connectivity index (χ2n) is 6.02. The number of halogens is 1. The highest BCUT2D eigenvalue weighted by Crippen LogP contribution is 2.22. The van der Waals surface area contributed by atoms with Gasteiger partial charge in [-0.05, 0) is 44.0 Å².